The minimum absolute atomic E-state index is 0.0464. The van der Waals surface area contributed by atoms with Crippen LogP contribution in [0.3, 0.4) is 0 Å². The van der Waals surface area contributed by atoms with Crippen molar-refractivity contribution in [3.63, 3.8) is 0 Å². The van der Waals surface area contributed by atoms with Gasteiger partial charge in [-0.3, -0.25) is 9.59 Å². The molecule has 2 rings (SSSR count). The first kappa shape index (κ1) is 19.3. The number of amides is 2. The molecule has 2 amide bonds. The second-order valence-corrected chi connectivity index (χ2v) is 5.59. The Morgan fingerprint density at radius 1 is 1.15 bits per heavy atom. The van der Waals surface area contributed by atoms with Crippen LogP contribution in [0.5, 0.6) is 0 Å². The second kappa shape index (κ2) is 7.89. The van der Waals surface area contributed by atoms with E-state index >= 15 is 0 Å². The number of hydrogen-bond acceptors (Lipinski definition) is 3. The fourth-order valence-electron chi connectivity index (χ4n) is 2.37. The van der Waals surface area contributed by atoms with Crippen molar-refractivity contribution in [3.8, 4) is 0 Å². The van der Waals surface area contributed by atoms with Crippen molar-refractivity contribution < 1.29 is 32.7 Å². The number of carbonyl (C=O) groups excluding carboxylic acids is 2. The third kappa shape index (κ3) is 5.50. The van der Waals surface area contributed by atoms with Gasteiger partial charge in [0.05, 0.1) is 0 Å². The van der Waals surface area contributed by atoms with Crippen LogP contribution in [0.4, 0.5) is 13.2 Å². The highest BCUT2D eigenvalue weighted by Crippen LogP contribution is 2.19. The lowest BCUT2D eigenvalue weighted by atomic mass is 10.0. The minimum atomic E-state index is -4.59. The molecule has 0 saturated heterocycles. The van der Waals surface area contributed by atoms with E-state index in [2.05, 4.69) is 10.3 Å². The molecule has 0 spiro atoms. The maximum absolute atomic E-state index is 12.0. The largest absolute Gasteiger partial charge is 0.480 e. The minimum Gasteiger partial charge on any atom is -0.480 e. The standard InChI is InChI=1S/C16H16F3N3O4/c17-16(18,19)8-21-13(23)6-14(24)22-12(15(25)26)5-9-7-20-11-4-2-1-3-10(9)11/h1-4,7,12,20H,5-6,8H2,(H,21,23)(H,22,24)(H,25,26). The van der Waals surface area contributed by atoms with Gasteiger partial charge in [0, 0.05) is 23.5 Å². The van der Waals surface area contributed by atoms with Crippen LogP contribution in [-0.2, 0) is 20.8 Å². The third-order valence-corrected chi connectivity index (χ3v) is 3.54. The summed E-state index contributed by atoms with van der Waals surface area (Å²) in [5.41, 5.74) is 1.44. The van der Waals surface area contributed by atoms with Gasteiger partial charge in [-0.25, -0.2) is 4.79 Å². The van der Waals surface area contributed by atoms with Gasteiger partial charge >= 0.3 is 12.1 Å². The zero-order valence-electron chi connectivity index (χ0n) is 13.4. The number of alkyl halides is 3. The van der Waals surface area contributed by atoms with Gasteiger partial charge in [-0.05, 0) is 11.6 Å². The molecule has 0 saturated carbocycles. The van der Waals surface area contributed by atoms with E-state index in [0.29, 0.717) is 5.56 Å². The molecule has 0 aliphatic carbocycles. The highest BCUT2D eigenvalue weighted by atomic mass is 19.4. The molecule has 0 fully saturated rings. The van der Waals surface area contributed by atoms with Gasteiger partial charge in [0.25, 0.3) is 0 Å². The molecule has 0 radical (unpaired) electrons. The van der Waals surface area contributed by atoms with E-state index in [1.54, 1.807) is 35.8 Å². The molecule has 0 bridgehead atoms. The summed E-state index contributed by atoms with van der Waals surface area (Å²) in [6.45, 7) is -1.56. The Morgan fingerprint density at radius 2 is 1.85 bits per heavy atom. The average molecular weight is 371 g/mol. The first-order valence-electron chi connectivity index (χ1n) is 7.56. The molecule has 7 nitrogen and oxygen atoms in total. The van der Waals surface area contributed by atoms with Gasteiger partial charge in [-0.1, -0.05) is 18.2 Å². The number of para-hydroxylation sites is 1. The van der Waals surface area contributed by atoms with Gasteiger partial charge < -0.3 is 20.7 Å². The van der Waals surface area contributed by atoms with E-state index in [4.69, 9.17) is 0 Å². The number of benzene rings is 1. The molecular weight excluding hydrogens is 355 g/mol. The van der Waals surface area contributed by atoms with Crippen molar-refractivity contribution in [3.05, 3.63) is 36.0 Å². The van der Waals surface area contributed by atoms with E-state index in [1.807, 2.05) is 0 Å². The van der Waals surface area contributed by atoms with Gasteiger partial charge in [-0.15, -0.1) is 0 Å². The van der Waals surface area contributed by atoms with Crippen molar-refractivity contribution in [1.29, 1.82) is 0 Å². The summed E-state index contributed by atoms with van der Waals surface area (Å²) < 4.78 is 36.0. The Hall–Kier alpha value is -3.04. The van der Waals surface area contributed by atoms with E-state index in [9.17, 15) is 32.7 Å². The van der Waals surface area contributed by atoms with Gasteiger partial charge in [0.1, 0.15) is 19.0 Å². The number of aliphatic carboxylic acids is 1. The molecule has 1 aromatic carbocycles. The molecule has 1 atom stereocenters. The molecule has 1 heterocycles. The quantitative estimate of drug-likeness (QED) is 0.551. The van der Waals surface area contributed by atoms with Crippen molar-refractivity contribution in [2.75, 3.05) is 6.54 Å². The summed E-state index contributed by atoms with van der Waals surface area (Å²) in [4.78, 5) is 37.4. The number of hydrogen-bond donors (Lipinski definition) is 4. The molecular formula is C16H16F3N3O4. The molecule has 4 N–H and O–H groups in total. The Labute approximate surface area is 145 Å². The first-order chi connectivity index (χ1) is 12.2. The number of H-pyrrole nitrogens is 1. The number of aromatic amines is 1. The van der Waals surface area contributed by atoms with Crippen molar-refractivity contribution >= 4 is 28.7 Å². The molecule has 10 heteroatoms. The van der Waals surface area contributed by atoms with Crippen LogP contribution < -0.4 is 10.6 Å². The number of halogens is 3. The summed E-state index contributed by atoms with van der Waals surface area (Å²) in [7, 11) is 0. The zero-order chi connectivity index (χ0) is 19.3. The number of carboxylic acid groups (broad SMARTS) is 1. The summed E-state index contributed by atoms with van der Waals surface area (Å²) in [5, 5.41) is 13.8. The van der Waals surface area contributed by atoms with Crippen LogP contribution in [0.2, 0.25) is 0 Å². The van der Waals surface area contributed by atoms with Crippen LogP contribution in [0.15, 0.2) is 30.5 Å². The molecule has 0 aliphatic rings. The normalized spacial score (nSPS) is 12.6. The highest BCUT2D eigenvalue weighted by Gasteiger charge is 2.28. The van der Waals surface area contributed by atoms with E-state index in [0.717, 1.165) is 10.9 Å². The summed E-state index contributed by atoms with van der Waals surface area (Å²) in [6, 6.07) is 5.85. The van der Waals surface area contributed by atoms with Gasteiger partial charge in [0.15, 0.2) is 0 Å². The lowest BCUT2D eigenvalue weighted by Crippen LogP contribution is -2.44. The SMILES string of the molecule is O=C(CC(=O)NC(Cc1c[nH]c2ccccc12)C(=O)O)NCC(F)(F)F. The summed E-state index contributed by atoms with van der Waals surface area (Å²) in [6.07, 6.45) is -3.92. The lowest BCUT2D eigenvalue weighted by Gasteiger charge is -2.14. The van der Waals surface area contributed by atoms with Crippen LogP contribution >= 0.6 is 0 Å². The summed E-state index contributed by atoms with van der Waals surface area (Å²) >= 11 is 0. The lowest BCUT2D eigenvalue weighted by molar-refractivity contribution is -0.144. The number of aromatic nitrogens is 1. The number of rotatable bonds is 7. The first-order valence-corrected chi connectivity index (χ1v) is 7.56. The van der Waals surface area contributed by atoms with Gasteiger partial charge in [0.2, 0.25) is 11.8 Å². The second-order valence-electron chi connectivity index (χ2n) is 5.59. The Kier molecular flexibility index (Phi) is 5.86. The maximum atomic E-state index is 12.0. The fraction of sp³-hybridized carbons (Fsp3) is 0.312. The van der Waals surface area contributed by atoms with Crippen molar-refractivity contribution in [2.45, 2.75) is 25.1 Å². The average Bonchev–Trinajstić information content (AvgIpc) is 2.95. The predicted molar refractivity (Wildman–Crippen MR) is 85.3 cm³/mol. The fourth-order valence-corrected chi connectivity index (χ4v) is 2.37. The molecule has 1 unspecified atom stereocenters. The Bertz CT molecular complexity index is 816. The molecule has 0 aliphatic heterocycles. The maximum Gasteiger partial charge on any atom is 0.405 e. The topological polar surface area (TPSA) is 111 Å². The molecule has 140 valence electrons. The predicted octanol–water partition coefficient (Wildman–Crippen LogP) is 1.35. The van der Waals surface area contributed by atoms with Crippen LogP contribution in [0, 0.1) is 0 Å². The van der Waals surface area contributed by atoms with E-state index < -0.39 is 43.0 Å². The molecule has 26 heavy (non-hydrogen) atoms. The molecule has 1 aromatic heterocycles. The summed E-state index contributed by atoms with van der Waals surface area (Å²) in [5.74, 6) is -3.44. The van der Waals surface area contributed by atoms with Crippen molar-refractivity contribution in [1.82, 2.24) is 15.6 Å². The zero-order valence-corrected chi connectivity index (χ0v) is 13.4. The number of carboxylic acids is 1. The van der Waals surface area contributed by atoms with Crippen LogP contribution in [-0.4, -0.2) is 46.6 Å². The smallest absolute Gasteiger partial charge is 0.405 e. The number of carbonyl (C=O) groups is 3. The third-order valence-electron chi connectivity index (χ3n) is 3.54. The van der Waals surface area contributed by atoms with Crippen LogP contribution in [0.1, 0.15) is 12.0 Å². The van der Waals surface area contributed by atoms with E-state index in [1.165, 1.54) is 0 Å². The Morgan fingerprint density at radius 3 is 2.50 bits per heavy atom. The number of nitrogens with one attached hydrogen (secondary N) is 3. The highest BCUT2D eigenvalue weighted by molar-refractivity contribution is 5.98. The van der Waals surface area contributed by atoms with Gasteiger partial charge in [-0.2, -0.15) is 13.2 Å². The Balaban J connectivity index is 1.96. The van der Waals surface area contributed by atoms with E-state index in [-0.39, 0.29) is 6.42 Å². The van der Waals surface area contributed by atoms with Crippen molar-refractivity contribution in [2.24, 2.45) is 0 Å². The monoisotopic (exact) mass is 371 g/mol. The number of fused-ring (bicyclic) bond motifs is 1. The molecule has 2 aromatic rings. The van der Waals surface area contributed by atoms with Crippen LogP contribution in [0.25, 0.3) is 10.9 Å².